The van der Waals surface area contributed by atoms with Crippen LogP contribution in [0.15, 0.2) is 36.5 Å². The summed E-state index contributed by atoms with van der Waals surface area (Å²) >= 11 is 0. The first-order valence-electron chi connectivity index (χ1n) is 5.60. The summed E-state index contributed by atoms with van der Waals surface area (Å²) in [6, 6.07) is 10.5. The third-order valence-electron chi connectivity index (χ3n) is 2.68. The Hall–Kier alpha value is -1.61. The molecule has 2 N–H and O–H groups in total. The second kappa shape index (κ2) is 5.47. The molecule has 0 spiro atoms. The Morgan fingerprint density at radius 3 is 2.75 bits per heavy atom. The molecule has 1 aromatic heterocycles. The third-order valence-corrected chi connectivity index (χ3v) is 2.68. The molecule has 0 aliphatic rings. The molecule has 2 rings (SSSR count). The number of benzene rings is 1. The quantitative estimate of drug-likeness (QED) is 0.749. The van der Waals surface area contributed by atoms with Crippen LogP contribution in [0.25, 0.3) is 0 Å². The Bertz CT molecular complexity index is 420. The van der Waals surface area contributed by atoms with E-state index in [4.69, 9.17) is 0 Å². The first-order chi connectivity index (χ1) is 7.86. The van der Waals surface area contributed by atoms with Crippen LogP contribution in [0.3, 0.4) is 0 Å². The molecule has 0 aliphatic carbocycles. The highest BCUT2D eigenvalue weighted by atomic mass is 15.1. The second-order valence-electron chi connectivity index (χ2n) is 3.93. The number of aromatic nitrogens is 2. The highest BCUT2D eigenvalue weighted by Crippen LogP contribution is 2.02. The Morgan fingerprint density at radius 1 is 1.25 bits per heavy atom. The second-order valence-corrected chi connectivity index (χ2v) is 3.93. The first kappa shape index (κ1) is 10.9. The van der Waals surface area contributed by atoms with Gasteiger partial charge in [-0.3, -0.25) is 5.10 Å². The lowest BCUT2D eigenvalue weighted by Gasteiger charge is -2.04. The van der Waals surface area contributed by atoms with Gasteiger partial charge in [0.05, 0.1) is 6.20 Å². The number of hydrogen-bond donors (Lipinski definition) is 2. The van der Waals surface area contributed by atoms with Crippen molar-refractivity contribution in [2.45, 2.75) is 19.9 Å². The van der Waals surface area contributed by atoms with Crippen LogP contribution in [0.5, 0.6) is 0 Å². The smallest absolute Gasteiger partial charge is 0.0535 e. The zero-order valence-corrected chi connectivity index (χ0v) is 9.53. The molecule has 0 saturated carbocycles. The maximum Gasteiger partial charge on any atom is 0.0535 e. The van der Waals surface area contributed by atoms with E-state index in [0.29, 0.717) is 0 Å². The van der Waals surface area contributed by atoms with Gasteiger partial charge in [0.15, 0.2) is 0 Å². The van der Waals surface area contributed by atoms with Crippen LogP contribution in [0.2, 0.25) is 0 Å². The maximum absolute atomic E-state index is 3.99. The van der Waals surface area contributed by atoms with Gasteiger partial charge < -0.3 is 5.32 Å². The lowest BCUT2D eigenvalue weighted by molar-refractivity contribution is 0.685. The first-order valence-corrected chi connectivity index (χ1v) is 5.60. The highest BCUT2D eigenvalue weighted by Gasteiger charge is 1.98. The van der Waals surface area contributed by atoms with Gasteiger partial charge in [-0.2, -0.15) is 5.10 Å². The largest absolute Gasteiger partial charge is 0.312 e. The summed E-state index contributed by atoms with van der Waals surface area (Å²) in [6.45, 7) is 3.92. The lowest BCUT2D eigenvalue weighted by atomic mass is 10.1. The Balaban J connectivity index is 1.72. The van der Waals surface area contributed by atoms with Crippen LogP contribution in [0, 0.1) is 6.92 Å². The molecule has 16 heavy (non-hydrogen) atoms. The third kappa shape index (κ3) is 2.94. The molecule has 0 fully saturated rings. The van der Waals surface area contributed by atoms with E-state index < -0.39 is 0 Å². The summed E-state index contributed by atoms with van der Waals surface area (Å²) in [7, 11) is 0. The number of H-pyrrole nitrogens is 1. The fourth-order valence-corrected chi connectivity index (χ4v) is 1.65. The molecule has 3 nitrogen and oxygen atoms in total. The van der Waals surface area contributed by atoms with Gasteiger partial charge in [-0.15, -0.1) is 0 Å². The van der Waals surface area contributed by atoms with E-state index in [9.17, 15) is 0 Å². The fourth-order valence-electron chi connectivity index (χ4n) is 1.65. The van der Waals surface area contributed by atoms with Gasteiger partial charge in [0.1, 0.15) is 0 Å². The van der Waals surface area contributed by atoms with E-state index in [0.717, 1.165) is 25.2 Å². The van der Waals surface area contributed by atoms with Crippen molar-refractivity contribution in [2.24, 2.45) is 0 Å². The standard InChI is InChI=1S/C13H17N3/c1-11-13(10-15-16-11)9-14-8-7-12-5-3-2-4-6-12/h2-6,10,14H,7-9H2,1H3,(H,15,16). The van der Waals surface area contributed by atoms with Crippen LogP contribution in [0.4, 0.5) is 0 Å². The van der Waals surface area contributed by atoms with Crippen LogP contribution in [0.1, 0.15) is 16.8 Å². The predicted molar refractivity (Wildman–Crippen MR) is 65.2 cm³/mol. The van der Waals surface area contributed by atoms with Crippen molar-refractivity contribution in [3.8, 4) is 0 Å². The van der Waals surface area contributed by atoms with Gasteiger partial charge in [-0.1, -0.05) is 30.3 Å². The van der Waals surface area contributed by atoms with Crippen molar-refractivity contribution in [3.63, 3.8) is 0 Å². The summed E-state index contributed by atoms with van der Waals surface area (Å²) in [5.74, 6) is 0. The lowest BCUT2D eigenvalue weighted by Crippen LogP contribution is -2.16. The van der Waals surface area contributed by atoms with E-state index in [1.54, 1.807) is 0 Å². The number of rotatable bonds is 5. The van der Waals surface area contributed by atoms with Crippen molar-refractivity contribution in [1.82, 2.24) is 15.5 Å². The number of nitrogens with one attached hydrogen (secondary N) is 2. The summed E-state index contributed by atoms with van der Waals surface area (Å²) in [5.41, 5.74) is 3.76. The average Bonchev–Trinajstić information content (AvgIpc) is 2.72. The van der Waals surface area contributed by atoms with E-state index in [-0.39, 0.29) is 0 Å². The van der Waals surface area contributed by atoms with Crippen molar-refractivity contribution < 1.29 is 0 Å². The molecule has 0 saturated heterocycles. The summed E-state index contributed by atoms with van der Waals surface area (Å²) in [5, 5.41) is 10.3. The molecule has 1 aromatic carbocycles. The monoisotopic (exact) mass is 215 g/mol. The molecule has 0 aliphatic heterocycles. The minimum Gasteiger partial charge on any atom is -0.312 e. The van der Waals surface area contributed by atoms with Crippen LogP contribution < -0.4 is 5.32 Å². The van der Waals surface area contributed by atoms with Crippen LogP contribution in [-0.4, -0.2) is 16.7 Å². The van der Waals surface area contributed by atoms with Crippen molar-refractivity contribution >= 4 is 0 Å². The molecule has 0 bridgehead atoms. The van der Waals surface area contributed by atoms with Crippen molar-refractivity contribution in [3.05, 3.63) is 53.3 Å². The Morgan fingerprint density at radius 2 is 2.06 bits per heavy atom. The van der Waals surface area contributed by atoms with Gasteiger partial charge in [-0.05, 0) is 25.5 Å². The summed E-state index contributed by atoms with van der Waals surface area (Å²) in [6.07, 6.45) is 2.95. The molecule has 0 atom stereocenters. The molecule has 3 heteroatoms. The minimum atomic E-state index is 0.884. The molecule has 0 amide bonds. The normalized spacial score (nSPS) is 10.6. The Labute approximate surface area is 95.9 Å². The Kier molecular flexibility index (Phi) is 3.72. The minimum absolute atomic E-state index is 0.884. The highest BCUT2D eigenvalue weighted by molar-refractivity contribution is 5.16. The molecule has 0 radical (unpaired) electrons. The molecular weight excluding hydrogens is 198 g/mol. The SMILES string of the molecule is Cc1[nH]ncc1CNCCc1ccccc1. The molecule has 2 aromatic rings. The molecular formula is C13H17N3. The number of aryl methyl sites for hydroxylation is 1. The molecule has 84 valence electrons. The number of aromatic amines is 1. The van der Waals surface area contributed by atoms with Gasteiger partial charge >= 0.3 is 0 Å². The van der Waals surface area contributed by atoms with Gasteiger partial charge in [0.2, 0.25) is 0 Å². The van der Waals surface area contributed by atoms with E-state index in [1.807, 2.05) is 19.2 Å². The van der Waals surface area contributed by atoms with Crippen molar-refractivity contribution in [1.29, 1.82) is 0 Å². The average molecular weight is 215 g/mol. The maximum atomic E-state index is 3.99. The van der Waals surface area contributed by atoms with Crippen LogP contribution >= 0.6 is 0 Å². The zero-order chi connectivity index (χ0) is 11.2. The van der Waals surface area contributed by atoms with Gasteiger partial charge in [-0.25, -0.2) is 0 Å². The fraction of sp³-hybridized carbons (Fsp3) is 0.308. The van der Waals surface area contributed by atoms with E-state index in [1.165, 1.54) is 11.1 Å². The number of hydrogen-bond acceptors (Lipinski definition) is 2. The number of nitrogens with zero attached hydrogens (tertiary/aromatic N) is 1. The molecule has 0 unspecified atom stereocenters. The van der Waals surface area contributed by atoms with Gasteiger partial charge in [0, 0.05) is 17.8 Å². The van der Waals surface area contributed by atoms with Crippen molar-refractivity contribution in [2.75, 3.05) is 6.54 Å². The summed E-state index contributed by atoms with van der Waals surface area (Å²) < 4.78 is 0. The van der Waals surface area contributed by atoms with Gasteiger partial charge in [0.25, 0.3) is 0 Å². The van der Waals surface area contributed by atoms with E-state index in [2.05, 4.69) is 39.8 Å². The predicted octanol–water partition coefficient (Wildman–Crippen LogP) is 2.05. The van der Waals surface area contributed by atoms with Crippen LogP contribution in [-0.2, 0) is 13.0 Å². The topological polar surface area (TPSA) is 40.7 Å². The van der Waals surface area contributed by atoms with E-state index >= 15 is 0 Å². The summed E-state index contributed by atoms with van der Waals surface area (Å²) in [4.78, 5) is 0. The molecule has 1 heterocycles. The zero-order valence-electron chi connectivity index (χ0n) is 9.53.